The van der Waals surface area contributed by atoms with Gasteiger partial charge in [0.1, 0.15) is 11.5 Å². The molecule has 0 aliphatic carbocycles. The van der Waals surface area contributed by atoms with Gasteiger partial charge in [-0.3, -0.25) is 0 Å². The third kappa shape index (κ3) is 3.88. The largest absolute Gasteiger partial charge is 0.497 e. The molecule has 0 radical (unpaired) electrons. The van der Waals surface area contributed by atoms with Gasteiger partial charge < -0.3 is 14.8 Å². The second-order valence-electron chi connectivity index (χ2n) is 2.90. The van der Waals surface area contributed by atoms with Crippen molar-refractivity contribution in [1.29, 1.82) is 5.26 Å². The molecular weight excluding hydrogens is 208 g/mol. The number of nitrogens with zero attached hydrogens (tertiary/aromatic N) is 1. The van der Waals surface area contributed by atoms with E-state index in [1.807, 2.05) is 6.07 Å². The molecule has 0 heterocycles. The van der Waals surface area contributed by atoms with Crippen molar-refractivity contribution in [2.45, 2.75) is 6.42 Å². The van der Waals surface area contributed by atoms with Crippen LogP contribution in [0.5, 0.6) is 11.5 Å². The van der Waals surface area contributed by atoms with Crippen LogP contribution in [0.15, 0.2) is 24.3 Å². The fraction of sp³-hybridized carbons (Fsp3) is 0.273. The van der Waals surface area contributed by atoms with Gasteiger partial charge in [-0.1, -0.05) is 0 Å². The Morgan fingerprint density at radius 3 is 2.56 bits per heavy atom. The third-order valence-corrected chi connectivity index (χ3v) is 1.78. The molecule has 84 valence electrons. The quantitative estimate of drug-likeness (QED) is 0.784. The Kier molecular flexibility index (Phi) is 4.67. The fourth-order valence-corrected chi connectivity index (χ4v) is 1.01. The summed E-state index contributed by atoms with van der Waals surface area (Å²) in [6.07, 6.45) is -0.307. The first-order chi connectivity index (χ1) is 7.76. The maximum atomic E-state index is 11.2. The van der Waals surface area contributed by atoms with Gasteiger partial charge in [-0.15, -0.1) is 0 Å². The molecular formula is C11H12N2O3. The highest BCUT2D eigenvalue weighted by Crippen LogP contribution is 2.16. The van der Waals surface area contributed by atoms with E-state index in [-0.39, 0.29) is 13.0 Å². The van der Waals surface area contributed by atoms with Gasteiger partial charge in [0.2, 0.25) is 0 Å². The molecule has 1 rings (SSSR count). The average Bonchev–Trinajstić information content (AvgIpc) is 2.30. The van der Waals surface area contributed by atoms with Crippen molar-refractivity contribution in [1.82, 2.24) is 5.32 Å². The van der Waals surface area contributed by atoms with Crippen LogP contribution in [0.4, 0.5) is 4.79 Å². The molecule has 0 spiro atoms. The normalized spacial score (nSPS) is 9.00. The van der Waals surface area contributed by atoms with E-state index in [1.165, 1.54) is 0 Å². The van der Waals surface area contributed by atoms with Gasteiger partial charge in [-0.25, -0.2) is 4.79 Å². The smallest absolute Gasteiger partial charge is 0.412 e. The van der Waals surface area contributed by atoms with E-state index in [9.17, 15) is 4.79 Å². The summed E-state index contributed by atoms with van der Waals surface area (Å²) in [5, 5.41) is 10.7. The minimum absolute atomic E-state index is 0.262. The zero-order valence-corrected chi connectivity index (χ0v) is 8.90. The number of nitriles is 1. The lowest BCUT2D eigenvalue weighted by Crippen LogP contribution is -2.27. The van der Waals surface area contributed by atoms with Crippen molar-refractivity contribution in [2.75, 3.05) is 13.7 Å². The highest BCUT2D eigenvalue weighted by atomic mass is 16.6. The fourth-order valence-electron chi connectivity index (χ4n) is 1.01. The number of ether oxygens (including phenoxy) is 2. The zero-order chi connectivity index (χ0) is 11.8. The average molecular weight is 220 g/mol. The number of nitrogens with one attached hydrogen (secondary N) is 1. The minimum atomic E-state index is -0.569. The Hall–Kier alpha value is -2.22. The van der Waals surface area contributed by atoms with Gasteiger partial charge in [0, 0.05) is 6.54 Å². The summed E-state index contributed by atoms with van der Waals surface area (Å²) < 4.78 is 9.91. The number of amides is 1. The first-order valence-corrected chi connectivity index (χ1v) is 4.73. The lowest BCUT2D eigenvalue weighted by atomic mass is 10.3. The van der Waals surface area contributed by atoms with Gasteiger partial charge in [0.15, 0.2) is 0 Å². The zero-order valence-electron chi connectivity index (χ0n) is 8.90. The molecule has 1 aromatic rings. The molecule has 1 aromatic carbocycles. The van der Waals surface area contributed by atoms with Crippen LogP contribution in [0, 0.1) is 11.3 Å². The van der Waals surface area contributed by atoms with Gasteiger partial charge in [0.05, 0.1) is 19.6 Å². The summed E-state index contributed by atoms with van der Waals surface area (Å²) in [7, 11) is 1.56. The number of carbonyl (C=O) groups is 1. The first-order valence-electron chi connectivity index (χ1n) is 4.73. The van der Waals surface area contributed by atoms with E-state index in [1.54, 1.807) is 31.4 Å². The van der Waals surface area contributed by atoms with E-state index < -0.39 is 6.09 Å². The van der Waals surface area contributed by atoms with Gasteiger partial charge in [-0.2, -0.15) is 5.26 Å². The lowest BCUT2D eigenvalue weighted by molar-refractivity contribution is 0.200. The maximum absolute atomic E-state index is 11.2. The predicted octanol–water partition coefficient (Wildman–Crippen LogP) is 1.70. The monoisotopic (exact) mass is 220 g/mol. The Morgan fingerprint density at radius 1 is 1.38 bits per heavy atom. The Bertz CT molecular complexity index is 381. The summed E-state index contributed by atoms with van der Waals surface area (Å²) in [5.41, 5.74) is 0. The van der Waals surface area contributed by atoms with Crippen LogP contribution in [0.3, 0.4) is 0 Å². The van der Waals surface area contributed by atoms with Crippen molar-refractivity contribution in [3.63, 3.8) is 0 Å². The summed E-state index contributed by atoms with van der Waals surface area (Å²) in [6.45, 7) is 0.283. The molecule has 16 heavy (non-hydrogen) atoms. The van der Waals surface area contributed by atoms with Crippen molar-refractivity contribution >= 4 is 6.09 Å². The molecule has 0 unspecified atom stereocenters. The number of hydrogen-bond acceptors (Lipinski definition) is 4. The number of rotatable bonds is 4. The van der Waals surface area contributed by atoms with E-state index in [0.29, 0.717) is 11.5 Å². The SMILES string of the molecule is COc1ccc(OC(=O)NCCC#N)cc1. The van der Waals surface area contributed by atoms with E-state index >= 15 is 0 Å². The summed E-state index contributed by atoms with van der Waals surface area (Å²) >= 11 is 0. The Labute approximate surface area is 93.6 Å². The number of methoxy groups -OCH3 is 1. The molecule has 1 N–H and O–H groups in total. The van der Waals surface area contributed by atoms with Crippen molar-refractivity contribution in [2.24, 2.45) is 0 Å². The van der Waals surface area contributed by atoms with Gasteiger partial charge in [0.25, 0.3) is 0 Å². The Morgan fingerprint density at radius 2 is 2.00 bits per heavy atom. The second kappa shape index (κ2) is 6.30. The van der Waals surface area contributed by atoms with Crippen LogP contribution in [0.1, 0.15) is 6.42 Å². The van der Waals surface area contributed by atoms with Crippen LogP contribution in [0.2, 0.25) is 0 Å². The van der Waals surface area contributed by atoms with E-state index in [2.05, 4.69) is 5.32 Å². The van der Waals surface area contributed by atoms with Crippen LogP contribution < -0.4 is 14.8 Å². The summed E-state index contributed by atoms with van der Waals surface area (Å²) in [6, 6.07) is 8.56. The molecule has 0 aliphatic rings. The summed E-state index contributed by atoms with van der Waals surface area (Å²) in [5.74, 6) is 1.12. The number of benzene rings is 1. The lowest BCUT2D eigenvalue weighted by Gasteiger charge is -2.05. The summed E-state index contributed by atoms with van der Waals surface area (Å²) in [4.78, 5) is 11.2. The number of hydrogen-bond donors (Lipinski definition) is 1. The topological polar surface area (TPSA) is 71.3 Å². The highest BCUT2D eigenvalue weighted by Gasteiger charge is 2.02. The van der Waals surface area contributed by atoms with Crippen LogP contribution in [-0.2, 0) is 0 Å². The van der Waals surface area contributed by atoms with Crippen molar-refractivity contribution in [3.8, 4) is 17.6 Å². The molecule has 0 aromatic heterocycles. The molecule has 0 bridgehead atoms. The minimum Gasteiger partial charge on any atom is -0.497 e. The molecule has 0 saturated carbocycles. The molecule has 0 atom stereocenters. The van der Waals surface area contributed by atoms with E-state index in [4.69, 9.17) is 14.7 Å². The van der Waals surface area contributed by atoms with Crippen LogP contribution >= 0.6 is 0 Å². The standard InChI is InChI=1S/C11H12N2O3/c1-15-9-3-5-10(6-4-9)16-11(14)13-8-2-7-12/h3-6H,2,8H2,1H3,(H,13,14). The van der Waals surface area contributed by atoms with Crippen LogP contribution in [-0.4, -0.2) is 19.7 Å². The highest BCUT2D eigenvalue weighted by molar-refractivity contribution is 5.70. The predicted molar refractivity (Wildman–Crippen MR) is 57.3 cm³/mol. The molecule has 5 nitrogen and oxygen atoms in total. The van der Waals surface area contributed by atoms with Gasteiger partial charge >= 0.3 is 6.09 Å². The van der Waals surface area contributed by atoms with Crippen molar-refractivity contribution < 1.29 is 14.3 Å². The first kappa shape index (κ1) is 11.9. The van der Waals surface area contributed by atoms with Crippen LogP contribution in [0.25, 0.3) is 0 Å². The van der Waals surface area contributed by atoms with E-state index in [0.717, 1.165) is 0 Å². The molecule has 0 fully saturated rings. The number of carbonyl (C=O) groups excluding carboxylic acids is 1. The van der Waals surface area contributed by atoms with Gasteiger partial charge in [-0.05, 0) is 24.3 Å². The maximum Gasteiger partial charge on any atom is 0.412 e. The second-order valence-corrected chi connectivity index (χ2v) is 2.90. The molecule has 0 saturated heterocycles. The molecule has 1 amide bonds. The molecule has 0 aliphatic heterocycles. The Balaban J connectivity index is 2.41. The third-order valence-electron chi connectivity index (χ3n) is 1.78. The van der Waals surface area contributed by atoms with Crippen molar-refractivity contribution in [3.05, 3.63) is 24.3 Å². The molecule has 5 heteroatoms.